The van der Waals surface area contributed by atoms with Crippen molar-refractivity contribution in [2.24, 2.45) is 5.92 Å². The first kappa shape index (κ1) is 26.7. The van der Waals surface area contributed by atoms with Crippen molar-refractivity contribution in [3.05, 3.63) is 24.3 Å². The van der Waals surface area contributed by atoms with Gasteiger partial charge in [0.1, 0.15) is 5.60 Å². The van der Waals surface area contributed by atoms with Gasteiger partial charge in [0.15, 0.2) is 6.29 Å². The fourth-order valence-electron chi connectivity index (χ4n) is 4.62. The molecule has 0 aromatic heterocycles. The average Bonchev–Trinajstić information content (AvgIpc) is 2.79. The zero-order chi connectivity index (χ0) is 24.9. The molecule has 1 N–H and O–H groups in total. The van der Waals surface area contributed by atoms with E-state index in [1.54, 1.807) is 32.4 Å². The Balaban J connectivity index is 1.58. The number of sulfonamides is 1. The maximum atomic E-state index is 13.3. The van der Waals surface area contributed by atoms with Crippen LogP contribution in [-0.2, 0) is 24.2 Å². The van der Waals surface area contributed by atoms with Gasteiger partial charge in [-0.25, -0.2) is 13.2 Å². The van der Waals surface area contributed by atoms with Gasteiger partial charge in [-0.05, 0) is 64.7 Å². The lowest BCUT2D eigenvalue weighted by molar-refractivity contribution is -0.141. The van der Waals surface area contributed by atoms with E-state index in [4.69, 9.17) is 14.2 Å². The van der Waals surface area contributed by atoms with Gasteiger partial charge in [0, 0.05) is 58.0 Å². The highest BCUT2D eigenvalue weighted by Gasteiger charge is 2.32. The van der Waals surface area contributed by atoms with E-state index in [2.05, 4.69) is 10.2 Å². The zero-order valence-electron chi connectivity index (χ0n) is 21.0. The van der Waals surface area contributed by atoms with Gasteiger partial charge in [0.25, 0.3) is 0 Å². The third-order valence-electron chi connectivity index (χ3n) is 6.38. The summed E-state index contributed by atoms with van der Waals surface area (Å²) in [6.45, 7) is 7.79. The molecule has 0 atom stereocenters. The maximum Gasteiger partial charge on any atom is 0.407 e. The topological polar surface area (TPSA) is 97.4 Å². The van der Waals surface area contributed by atoms with Gasteiger partial charge in [-0.2, -0.15) is 4.31 Å². The minimum absolute atomic E-state index is 0.100. The van der Waals surface area contributed by atoms with Gasteiger partial charge in [-0.1, -0.05) is 6.07 Å². The van der Waals surface area contributed by atoms with E-state index < -0.39 is 21.7 Å². The van der Waals surface area contributed by atoms with Crippen LogP contribution in [0.3, 0.4) is 0 Å². The largest absolute Gasteiger partial charge is 0.444 e. The number of alkyl carbamates (subject to hydrolysis) is 1. The lowest BCUT2D eigenvalue weighted by Gasteiger charge is -2.36. The Labute approximate surface area is 203 Å². The summed E-state index contributed by atoms with van der Waals surface area (Å²) in [7, 11) is -0.297. The minimum Gasteiger partial charge on any atom is -0.444 e. The summed E-state index contributed by atoms with van der Waals surface area (Å²) in [6, 6.07) is 7.09. The average molecular weight is 498 g/mol. The summed E-state index contributed by atoms with van der Waals surface area (Å²) >= 11 is 0. The van der Waals surface area contributed by atoms with Crippen LogP contribution in [0.1, 0.15) is 46.5 Å². The monoisotopic (exact) mass is 497 g/mol. The van der Waals surface area contributed by atoms with Gasteiger partial charge in [-0.15, -0.1) is 0 Å². The third-order valence-corrected chi connectivity index (χ3v) is 8.28. The number of amides is 1. The number of nitrogens with zero attached hydrogens (tertiary/aromatic N) is 2. The van der Waals surface area contributed by atoms with E-state index in [0.29, 0.717) is 36.7 Å². The molecule has 1 aromatic carbocycles. The van der Waals surface area contributed by atoms with Crippen LogP contribution in [0.2, 0.25) is 0 Å². The van der Waals surface area contributed by atoms with Crippen LogP contribution in [0.4, 0.5) is 10.5 Å². The molecule has 0 bridgehead atoms. The highest BCUT2D eigenvalue weighted by atomic mass is 32.2. The molecule has 1 amide bonds. The summed E-state index contributed by atoms with van der Waals surface area (Å²) < 4.78 is 44.3. The highest BCUT2D eigenvalue weighted by molar-refractivity contribution is 7.89. The molecule has 2 aliphatic heterocycles. The molecule has 0 unspecified atom stereocenters. The van der Waals surface area contributed by atoms with Crippen LogP contribution in [0.5, 0.6) is 0 Å². The van der Waals surface area contributed by atoms with Crippen LogP contribution >= 0.6 is 0 Å². The zero-order valence-corrected chi connectivity index (χ0v) is 21.8. The van der Waals surface area contributed by atoms with Crippen LogP contribution < -0.4 is 10.2 Å². The molecule has 10 heteroatoms. The Morgan fingerprint density at radius 1 is 1.03 bits per heavy atom. The van der Waals surface area contributed by atoms with Crippen molar-refractivity contribution in [3.63, 3.8) is 0 Å². The minimum atomic E-state index is -3.61. The molecule has 0 aliphatic carbocycles. The second-order valence-electron chi connectivity index (χ2n) is 9.99. The number of hydrogen-bond acceptors (Lipinski definition) is 7. The summed E-state index contributed by atoms with van der Waals surface area (Å²) in [6.07, 6.45) is 2.26. The third kappa shape index (κ3) is 6.84. The number of anilines is 1. The normalized spacial score (nSPS) is 19.4. The SMILES string of the molecule is COC(OC)C1CCN(c2cccc(S(=O)(=O)N3CCC(NC(=O)OC(C)(C)C)CC3)c2)CC1. The molecule has 3 rings (SSSR count). The standard InChI is InChI=1S/C24H39N3O6S/c1-24(2,3)33-23(28)25-19-11-15-27(16-12-19)34(29,30)21-8-6-7-20(17-21)26-13-9-18(10-14-26)22(31-4)32-5/h6-8,17-19,22H,9-16H2,1-5H3,(H,25,28). The van der Waals surface area contributed by atoms with E-state index in [9.17, 15) is 13.2 Å². The Kier molecular flexibility index (Phi) is 8.83. The van der Waals surface area contributed by atoms with Crippen molar-refractivity contribution in [2.45, 2.75) is 69.3 Å². The first-order valence-corrected chi connectivity index (χ1v) is 13.4. The second-order valence-corrected chi connectivity index (χ2v) is 11.9. The van der Waals surface area contributed by atoms with Crippen molar-refractivity contribution >= 4 is 21.8 Å². The van der Waals surface area contributed by atoms with Crippen LogP contribution in [0.15, 0.2) is 29.2 Å². The van der Waals surface area contributed by atoms with Gasteiger partial charge < -0.3 is 24.4 Å². The fraction of sp³-hybridized carbons (Fsp3) is 0.708. The van der Waals surface area contributed by atoms with Gasteiger partial charge in [-0.3, -0.25) is 0 Å². The van der Waals surface area contributed by atoms with E-state index in [1.807, 2.05) is 26.8 Å². The number of nitrogens with one attached hydrogen (secondary N) is 1. The first-order chi connectivity index (χ1) is 16.0. The molecule has 9 nitrogen and oxygen atoms in total. The van der Waals surface area contributed by atoms with E-state index in [-0.39, 0.29) is 12.3 Å². The Bertz CT molecular complexity index is 913. The molecule has 34 heavy (non-hydrogen) atoms. The smallest absolute Gasteiger partial charge is 0.407 e. The molecule has 0 saturated carbocycles. The summed E-state index contributed by atoms with van der Waals surface area (Å²) in [5.74, 6) is 0.328. The van der Waals surface area contributed by atoms with Crippen molar-refractivity contribution in [2.75, 3.05) is 45.3 Å². The number of hydrogen-bond donors (Lipinski definition) is 1. The number of ether oxygens (including phenoxy) is 3. The molecule has 0 spiro atoms. The Hall–Kier alpha value is -1.88. The number of carbonyl (C=O) groups is 1. The molecular weight excluding hydrogens is 458 g/mol. The van der Waals surface area contributed by atoms with Crippen molar-refractivity contribution in [3.8, 4) is 0 Å². The quantitative estimate of drug-likeness (QED) is 0.578. The maximum absolute atomic E-state index is 13.3. The fourth-order valence-corrected chi connectivity index (χ4v) is 6.13. The number of piperidine rings is 2. The predicted molar refractivity (Wildman–Crippen MR) is 130 cm³/mol. The van der Waals surface area contributed by atoms with E-state index >= 15 is 0 Å². The van der Waals surface area contributed by atoms with Crippen LogP contribution in [-0.4, -0.2) is 77.1 Å². The molecule has 1 aromatic rings. The number of benzene rings is 1. The predicted octanol–water partition coefficient (Wildman–Crippen LogP) is 3.20. The lowest BCUT2D eigenvalue weighted by atomic mass is 9.95. The molecule has 0 radical (unpaired) electrons. The highest BCUT2D eigenvalue weighted by Crippen LogP contribution is 2.29. The Morgan fingerprint density at radius 3 is 2.21 bits per heavy atom. The van der Waals surface area contributed by atoms with Gasteiger partial charge >= 0.3 is 6.09 Å². The van der Waals surface area contributed by atoms with Crippen molar-refractivity contribution in [1.82, 2.24) is 9.62 Å². The molecule has 2 aliphatic rings. The van der Waals surface area contributed by atoms with E-state index in [0.717, 1.165) is 31.6 Å². The lowest BCUT2D eigenvalue weighted by Crippen LogP contribution is -2.47. The van der Waals surface area contributed by atoms with Crippen LogP contribution in [0, 0.1) is 5.92 Å². The molecule has 2 fully saturated rings. The van der Waals surface area contributed by atoms with E-state index in [1.165, 1.54) is 4.31 Å². The molecule has 2 saturated heterocycles. The first-order valence-electron chi connectivity index (χ1n) is 11.9. The van der Waals surface area contributed by atoms with Crippen molar-refractivity contribution in [1.29, 1.82) is 0 Å². The number of methoxy groups -OCH3 is 2. The molecule has 192 valence electrons. The Morgan fingerprint density at radius 2 is 1.65 bits per heavy atom. The number of rotatable bonds is 7. The molecular formula is C24H39N3O6S. The van der Waals surface area contributed by atoms with Gasteiger partial charge in [0.05, 0.1) is 4.90 Å². The van der Waals surface area contributed by atoms with Gasteiger partial charge in [0.2, 0.25) is 10.0 Å². The second kappa shape index (κ2) is 11.2. The van der Waals surface area contributed by atoms with Crippen LogP contribution in [0.25, 0.3) is 0 Å². The summed E-state index contributed by atoms with van der Waals surface area (Å²) in [5, 5.41) is 2.85. The molecule has 2 heterocycles. The summed E-state index contributed by atoms with van der Waals surface area (Å²) in [5.41, 5.74) is 0.344. The van der Waals surface area contributed by atoms with Crippen molar-refractivity contribution < 1.29 is 27.4 Å². The number of carbonyl (C=O) groups excluding carboxylic acids is 1. The summed E-state index contributed by atoms with van der Waals surface area (Å²) in [4.78, 5) is 14.5.